The minimum absolute atomic E-state index is 0.0368. The van der Waals surface area contributed by atoms with Crippen LogP contribution in [-0.4, -0.2) is 41.5 Å². The number of fused-ring (bicyclic) bond motifs is 1. The van der Waals surface area contributed by atoms with Gasteiger partial charge in [0.25, 0.3) is 5.92 Å². The molecular weight excluding hydrogens is 471 g/mol. The minimum atomic E-state index is -2.59. The molecule has 178 valence electrons. The van der Waals surface area contributed by atoms with Crippen molar-refractivity contribution in [3.8, 4) is 5.75 Å². The molecule has 0 aliphatic heterocycles. The number of aromatic nitrogens is 2. The summed E-state index contributed by atoms with van der Waals surface area (Å²) in [6.07, 6.45) is 3.86. The van der Waals surface area contributed by atoms with E-state index in [9.17, 15) is 18.0 Å². The Morgan fingerprint density at radius 3 is 2.76 bits per heavy atom. The molecule has 0 radical (unpaired) electrons. The van der Waals surface area contributed by atoms with E-state index < -0.39 is 17.6 Å². The van der Waals surface area contributed by atoms with Crippen LogP contribution in [0.4, 0.5) is 30.4 Å². The molecule has 4 rings (SSSR count). The number of amides is 1. The molecule has 0 atom stereocenters. The van der Waals surface area contributed by atoms with Gasteiger partial charge in [-0.1, -0.05) is 17.7 Å². The highest BCUT2D eigenvalue weighted by atomic mass is 35.5. The van der Waals surface area contributed by atoms with Crippen molar-refractivity contribution in [2.45, 2.75) is 24.8 Å². The highest BCUT2D eigenvalue weighted by Crippen LogP contribution is 2.37. The lowest BCUT2D eigenvalue weighted by atomic mass is 9.88. The molecule has 34 heavy (non-hydrogen) atoms. The number of hydrogen-bond acceptors (Lipinski definition) is 6. The number of hydrogen-bond donors (Lipinski definition) is 3. The second kappa shape index (κ2) is 9.86. The standard InChI is InChI=1S/C23H21ClF3N5O2/c1-34-20-9-18-15(22(30-12-29-18)31-13-4-5-17(25)16(24)7-13)8-19(20)32-21(33)3-2-6-28-14-10-23(26,27)11-14/h2-5,7-9,12,14,28H,6,10-11H2,1H3,(H,32,33)(H,29,30,31)/b3-2+. The van der Waals surface area contributed by atoms with Gasteiger partial charge in [0.1, 0.15) is 23.7 Å². The molecule has 1 amide bonds. The van der Waals surface area contributed by atoms with Crippen molar-refractivity contribution in [3.63, 3.8) is 0 Å². The van der Waals surface area contributed by atoms with Crippen molar-refractivity contribution < 1.29 is 22.7 Å². The molecule has 0 saturated heterocycles. The SMILES string of the molecule is COc1cc2ncnc(Nc3ccc(F)c(Cl)c3)c2cc1NC(=O)/C=C/CNC1CC(F)(F)C1. The first-order valence-corrected chi connectivity index (χ1v) is 10.8. The molecule has 1 aliphatic carbocycles. The molecule has 11 heteroatoms. The number of carbonyl (C=O) groups is 1. The maximum atomic E-state index is 13.5. The zero-order valence-electron chi connectivity index (χ0n) is 18.0. The van der Waals surface area contributed by atoms with E-state index in [0.29, 0.717) is 40.4 Å². The van der Waals surface area contributed by atoms with Crippen molar-refractivity contribution in [3.05, 3.63) is 59.7 Å². The number of rotatable bonds is 8. The third kappa shape index (κ3) is 5.57. The molecule has 0 spiro atoms. The van der Waals surface area contributed by atoms with Gasteiger partial charge in [-0.15, -0.1) is 0 Å². The van der Waals surface area contributed by atoms with Crippen LogP contribution in [0.25, 0.3) is 10.9 Å². The third-order valence-corrected chi connectivity index (χ3v) is 5.57. The van der Waals surface area contributed by atoms with Crippen LogP contribution in [0, 0.1) is 5.82 Å². The van der Waals surface area contributed by atoms with Crippen molar-refractivity contribution in [1.29, 1.82) is 0 Å². The summed E-state index contributed by atoms with van der Waals surface area (Å²) in [4.78, 5) is 20.9. The summed E-state index contributed by atoms with van der Waals surface area (Å²) in [7, 11) is 1.46. The summed E-state index contributed by atoms with van der Waals surface area (Å²) in [6, 6.07) is 7.25. The van der Waals surface area contributed by atoms with E-state index in [1.807, 2.05) is 0 Å². The Bertz CT molecular complexity index is 1250. The normalized spacial score (nSPS) is 15.3. The van der Waals surface area contributed by atoms with E-state index in [1.54, 1.807) is 18.2 Å². The maximum absolute atomic E-state index is 13.5. The monoisotopic (exact) mass is 491 g/mol. The Morgan fingerprint density at radius 2 is 2.06 bits per heavy atom. The quantitative estimate of drug-likeness (QED) is 0.382. The number of nitrogens with zero attached hydrogens (tertiary/aromatic N) is 2. The molecule has 1 aliphatic rings. The number of halogens is 4. The summed E-state index contributed by atoms with van der Waals surface area (Å²) < 4.78 is 44.6. The summed E-state index contributed by atoms with van der Waals surface area (Å²) >= 11 is 5.86. The van der Waals surface area contributed by atoms with E-state index in [-0.39, 0.29) is 23.9 Å². The topological polar surface area (TPSA) is 88.2 Å². The smallest absolute Gasteiger partial charge is 0.251 e. The molecule has 1 heterocycles. The fourth-order valence-electron chi connectivity index (χ4n) is 3.54. The van der Waals surface area contributed by atoms with Gasteiger partial charge in [-0.05, 0) is 24.3 Å². The predicted molar refractivity (Wildman–Crippen MR) is 125 cm³/mol. The summed E-state index contributed by atoms with van der Waals surface area (Å²) in [5.41, 5.74) is 1.45. The van der Waals surface area contributed by atoms with Gasteiger partial charge in [0.2, 0.25) is 5.91 Å². The van der Waals surface area contributed by atoms with Gasteiger partial charge in [-0.2, -0.15) is 0 Å². The van der Waals surface area contributed by atoms with Gasteiger partial charge in [-0.25, -0.2) is 23.1 Å². The highest BCUT2D eigenvalue weighted by Gasteiger charge is 2.44. The average molecular weight is 492 g/mol. The summed E-state index contributed by atoms with van der Waals surface area (Å²) in [6.45, 7) is 0.297. The van der Waals surface area contributed by atoms with Gasteiger partial charge in [0, 0.05) is 48.6 Å². The fraction of sp³-hybridized carbons (Fsp3) is 0.261. The van der Waals surface area contributed by atoms with Gasteiger partial charge < -0.3 is 20.7 Å². The number of benzene rings is 2. The molecule has 1 aromatic heterocycles. The van der Waals surface area contributed by atoms with Gasteiger partial charge in [0.15, 0.2) is 0 Å². The fourth-order valence-corrected chi connectivity index (χ4v) is 3.72. The Kier molecular flexibility index (Phi) is 6.90. The van der Waals surface area contributed by atoms with Gasteiger partial charge in [0.05, 0.1) is 23.3 Å². The lowest BCUT2D eigenvalue weighted by molar-refractivity contribution is -0.112. The first-order chi connectivity index (χ1) is 16.2. The molecule has 1 saturated carbocycles. The second-order valence-corrected chi connectivity index (χ2v) is 8.21. The van der Waals surface area contributed by atoms with Gasteiger partial charge >= 0.3 is 0 Å². The molecule has 1 fully saturated rings. The molecule has 0 unspecified atom stereocenters. The van der Waals surface area contributed by atoms with Crippen LogP contribution in [-0.2, 0) is 4.79 Å². The summed E-state index contributed by atoms with van der Waals surface area (Å²) in [5, 5.41) is 9.30. The molecule has 0 bridgehead atoms. The number of ether oxygens (including phenoxy) is 1. The van der Waals surface area contributed by atoms with Crippen molar-refractivity contribution in [2.75, 3.05) is 24.3 Å². The second-order valence-electron chi connectivity index (χ2n) is 7.81. The number of anilines is 3. The largest absolute Gasteiger partial charge is 0.494 e. The lowest BCUT2D eigenvalue weighted by Crippen LogP contribution is -2.48. The predicted octanol–water partition coefficient (Wildman–Crippen LogP) is 5.06. The van der Waals surface area contributed by atoms with Crippen LogP contribution in [0.5, 0.6) is 5.75 Å². The van der Waals surface area contributed by atoms with E-state index >= 15 is 0 Å². The molecular formula is C23H21ClF3N5O2. The Labute approximate surface area is 198 Å². The molecule has 3 aromatic rings. The maximum Gasteiger partial charge on any atom is 0.251 e. The minimum Gasteiger partial charge on any atom is -0.494 e. The molecule has 2 aromatic carbocycles. The first-order valence-electron chi connectivity index (χ1n) is 10.4. The van der Waals surface area contributed by atoms with Gasteiger partial charge in [-0.3, -0.25) is 4.79 Å². The van der Waals surface area contributed by atoms with Crippen LogP contribution in [0.2, 0.25) is 5.02 Å². The van der Waals surface area contributed by atoms with Crippen LogP contribution in [0.3, 0.4) is 0 Å². The summed E-state index contributed by atoms with van der Waals surface area (Å²) in [5.74, 6) is -2.74. The Hall–Kier alpha value is -3.37. The van der Waals surface area contributed by atoms with E-state index in [2.05, 4.69) is 25.9 Å². The van der Waals surface area contributed by atoms with Crippen molar-refractivity contribution >= 4 is 45.6 Å². The van der Waals surface area contributed by atoms with Crippen LogP contribution in [0.1, 0.15) is 12.8 Å². The Morgan fingerprint density at radius 1 is 1.26 bits per heavy atom. The van der Waals surface area contributed by atoms with E-state index in [4.69, 9.17) is 16.3 Å². The van der Waals surface area contributed by atoms with E-state index in [0.717, 1.165) is 0 Å². The van der Waals surface area contributed by atoms with Crippen LogP contribution in [0.15, 0.2) is 48.8 Å². The highest BCUT2D eigenvalue weighted by molar-refractivity contribution is 6.31. The van der Waals surface area contributed by atoms with Crippen molar-refractivity contribution in [2.24, 2.45) is 0 Å². The number of alkyl halides is 2. The molecule has 3 N–H and O–H groups in total. The molecule has 7 nitrogen and oxygen atoms in total. The zero-order chi connectivity index (χ0) is 24.3. The average Bonchev–Trinajstić information content (AvgIpc) is 2.78. The first kappa shape index (κ1) is 23.8. The third-order valence-electron chi connectivity index (χ3n) is 5.28. The van der Waals surface area contributed by atoms with E-state index in [1.165, 1.54) is 37.7 Å². The van der Waals surface area contributed by atoms with Crippen molar-refractivity contribution in [1.82, 2.24) is 15.3 Å². The number of nitrogens with one attached hydrogen (secondary N) is 3. The Balaban J connectivity index is 1.49. The number of methoxy groups -OCH3 is 1. The van der Waals surface area contributed by atoms with Crippen LogP contribution < -0.4 is 20.7 Å². The lowest BCUT2D eigenvalue weighted by Gasteiger charge is -2.35. The zero-order valence-corrected chi connectivity index (χ0v) is 18.8. The van der Waals surface area contributed by atoms with Crippen LogP contribution >= 0.6 is 11.6 Å². The number of carbonyl (C=O) groups excluding carboxylic acids is 1.